The first kappa shape index (κ1) is 18.7. The van der Waals surface area contributed by atoms with E-state index in [1.54, 1.807) is 14.2 Å². The van der Waals surface area contributed by atoms with E-state index >= 15 is 0 Å². The van der Waals surface area contributed by atoms with Gasteiger partial charge < -0.3 is 19.1 Å². The van der Waals surface area contributed by atoms with E-state index in [1.807, 2.05) is 0 Å². The van der Waals surface area contributed by atoms with E-state index in [4.69, 9.17) is 14.2 Å². The van der Waals surface area contributed by atoms with Crippen LogP contribution in [0.25, 0.3) is 0 Å². The molecule has 0 aliphatic carbocycles. The molecule has 0 bridgehead atoms. The largest absolute Gasteiger partial charge is 0.380 e. The van der Waals surface area contributed by atoms with Crippen LogP contribution in [0.3, 0.4) is 0 Å². The average Bonchev–Trinajstić information content (AvgIpc) is 3.24. The number of likely N-dealkylation sites (tertiary alicyclic amines) is 1. The fourth-order valence-electron chi connectivity index (χ4n) is 4.03. The van der Waals surface area contributed by atoms with Crippen LogP contribution in [-0.2, 0) is 31.2 Å². The van der Waals surface area contributed by atoms with E-state index in [1.165, 1.54) is 22.9 Å². The summed E-state index contributed by atoms with van der Waals surface area (Å²) in [6, 6.07) is 8.49. The number of piperidine rings is 1. The molecule has 1 aromatic rings. The lowest BCUT2D eigenvalue weighted by molar-refractivity contribution is -0.113. The van der Waals surface area contributed by atoms with Gasteiger partial charge in [0.15, 0.2) is 5.17 Å². The summed E-state index contributed by atoms with van der Waals surface area (Å²) in [4.78, 5) is 19.5. The van der Waals surface area contributed by atoms with Gasteiger partial charge in [0.25, 0.3) is 5.91 Å². The van der Waals surface area contributed by atoms with E-state index in [0.717, 1.165) is 36.7 Å². The van der Waals surface area contributed by atoms with Crippen LogP contribution in [0.5, 0.6) is 0 Å². The minimum absolute atomic E-state index is 0.184. The highest BCUT2D eigenvalue weighted by molar-refractivity contribution is 8.18. The number of benzene rings is 1. The van der Waals surface area contributed by atoms with Gasteiger partial charge in [-0.25, -0.2) is 0 Å². The smallest absolute Gasteiger partial charge is 0.286 e. The molecule has 4 rings (SSSR count). The van der Waals surface area contributed by atoms with Crippen molar-refractivity contribution in [3.8, 4) is 0 Å². The van der Waals surface area contributed by atoms with Gasteiger partial charge in [-0.2, -0.15) is 4.99 Å². The van der Waals surface area contributed by atoms with Crippen LogP contribution < -0.4 is 0 Å². The van der Waals surface area contributed by atoms with Gasteiger partial charge in [-0.05, 0) is 35.7 Å². The van der Waals surface area contributed by atoms with E-state index in [-0.39, 0.29) is 11.5 Å². The highest BCUT2D eigenvalue weighted by atomic mass is 32.2. The topological polar surface area (TPSA) is 60.4 Å². The number of ether oxygens (including phenoxy) is 3. The summed E-state index contributed by atoms with van der Waals surface area (Å²) in [7, 11) is 3.23. The van der Waals surface area contributed by atoms with E-state index < -0.39 is 0 Å². The van der Waals surface area contributed by atoms with Crippen molar-refractivity contribution in [2.75, 3.05) is 40.5 Å². The SMILES string of the molecule is COCC(COC)=C1SC(N2CCC3(CC2)OCc2ccccc23)=NC1=O. The fraction of sp³-hybridized carbons (Fsp3) is 0.500. The number of hydrogen-bond acceptors (Lipinski definition) is 6. The summed E-state index contributed by atoms with van der Waals surface area (Å²) in [6.45, 7) is 3.08. The Morgan fingerprint density at radius 2 is 1.93 bits per heavy atom. The Kier molecular flexibility index (Phi) is 5.36. The summed E-state index contributed by atoms with van der Waals surface area (Å²) in [5.74, 6) is -0.193. The Balaban J connectivity index is 1.46. The van der Waals surface area contributed by atoms with E-state index in [2.05, 4.69) is 34.2 Å². The highest BCUT2D eigenvalue weighted by Crippen LogP contribution is 2.45. The number of rotatable bonds is 4. The Bertz CT molecular complexity index is 789. The number of nitrogens with zero attached hydrogens (tertiary/aromatic N) is 2. The Labute approximate surface area is 163 Å². The lowest BCUT2D eigenvalue weighted by atomic mass is 9.84. The summed E-state index contributed by atoms with van der Waals surface area (Å²) in [5, 5.41) is 0.779. The molecule has 3 aliphatic rings. The number of hydrogen-bond donors (Lipinski definition) is 0. The van der Waals surface area contributed by atoms with Crippen molar-refractivity contribution < 1.29 is 19.0 Å². The lowest BCUT2D eigenvalue weighted by Crippen LogP contribution is -2.44. The molecule has 0 radical (unpaired) electrons. The van der Waals surface area contributed by atoms with Crippen molar-refractivity contribution in [2.45, 2.75) is 25.0 Å². The molecule has 1 saturated heterocycles. The molecule has 0 unspecified atom stereocenters. The van der Waals surface area contributed by atoms with Crippen LogP contribution in [0.4, 0.5) is 0 Å². The minimum Gasteiger partial charge on any atom is -0.380 e. The van der Waals surface area contributed by atoms with Gasteiger partial charge in [0, 0.05) is 32.9 Å². The van der Waals surface area contributed by atoms with Crippen molar-refractivity contribution in [2.24, 2.45) is 4.99 Å². The molecule has 1 amide bonds. The van der Waals surface area contributed by atoms with Crippen molar-refractivity contribution in [3.05, 3.63) is 45.9 Å². The molecule has 1 aromatic carbocycles. The van der Waals surface area contributed by atoms with Crippen molar-refractivity contribution in [3.63, 3.8) is 0 Å². The molecule has 27 heavy (non-hydrogen) atoms. The van der Waals surface area contributed by atoms with Gasteiger partial charge in [0.05, 0.1) is 30.3 Å². The number of amidine groups is 1. The molecule has 0 N–H and O–H groups in total. The summed E-state index contributed by atoms with van der Waals surface area (Å²) in [6.07, 6.45) is 1.81. The monoisotopic (exact) mass is 388 g/mol. The average molecular weight is 388 g/mol. The van der Waals surface area contributed by atoms with Crippen molar-refractivity contribution in [1.29, 1.82) is 0 Å². The van der Waals surface area contributed by atoms with Gasteiger partial charge in [0.2, 0.25) is 0 Å². The maximum Gasteiger partial charge on any atom is 0.286 e. The zero-order valence-corrected chi connectivity index (χ0v) is 16.5. The van der Waals surface area contributed by atoms with Gasteiger partial charge >= 0.3 is 0 Å². The van der Waals surface area contributed by atoms with Gasteiger partial charge in [0.1, 0.15) is 0 Å². The second kappa shape index (κ2) is 7.75. The molecular weight excluding hydrogens is 364 g/mol. The molecular formula is C20H24N2O4S. The molecule has 3 aliphatic heterocycles. The quantitative estimate of drug-likeness (QED) is 0.739. The number of methoxy groups -OCH3 is 2. The molecule has 7 heteroatoms. The normalized spacial score (nSPS) is 21.0. The van der Waals surface area contributed by atoms with Crippen LogP contribution in [0.15, 0.2) is 39.7 Å². The Hall–Kier alpha value is -1.67. The second-order valence-corrected chi connectivity index (χ2v) is 8.00. The molecule has 6 nitrogen and oxygen atoms in total. The van der Waals surface area contributed by atoms with Crippen LogP contribution in [0, 0.1) is 0 Å². The summed E-state index contributed by atoms with van der Waals surface area (Å²) < 4.78 is 16.6. The molecule has 0 aromatic heterocycles. The first-order valence-electron chi connectivity index (χ1n) is 9.15. The summed E-state index contributed by atoms with van der Waals surface area (Å²) in [5.41, 5.74) is 3.28. The van der Waals surface area contributed by atoms with Crippen LogP contribution in [-0.4, -0.2) is 56.5 Å². The molecule has 1 spiro atoms. The maximum atomic E-state index is 12.4. The predicted molar refractivity (Wildman–Crippen MR) is 105 cm³/mol. The number of amides is 1. The predicted octanol–water partition coefficient (Wildman–Crippen LogP) is 2.68. The highest BCUT2D eigenvalue weighted by Gasteiger charge is 2.43. The van der Waals surface area contributed by atoms with Crippen molar-refractivity contribution >= 4 is 22.8 Å². The molecule has 144 valence electrons. The lowest BCUT2D eigenvalue weighted by Gasteiger charge is -2.39. The summed E-state index contributed by atoms with van der Waals surface area (Å²) >= 11 is 1.44. The first-order chi connectivity index (χ1) is 13.2. The molecule has 0 saturated carbocycles. The number of carbonyl (C=O) groups excluding carboxylic acids is 1. The first-order valence-corrected chi connectivity index (χ1v) is 9.96. The van der Waals surface area contributed by atoms with Gasteiger partial charge in [-0.3, -0.25) is 4.79 Å². The zero-order valence-electron chi connectivity index (χ0n) is 15.7. The molecule has 0 atom stereocenters. The van der Waals surface area contributed by atoms with Gasteiger partial charge in [-0.15, -0.1) is 0 Å². The molecule has 3 heterocycles. The maximum absolute atomic E-state index is 12.4. The van der Waals surface area contributed by atoms with Crippen LogP contribution in [0.2, 0.25) is 0 Å². The number of fused-ring (bicyclic) bond motifs is 2. The van der Waals surface area contributed by atoms with E-state index in [9.17, 15) is 4.79 Å². The zero-order chi connectivity index (χ0) is 18.9. The fourth-order valence-corrected chi connectivity index (χ4v) is 5.05. The number of thioether (sulfide) groups is 1. The third kappa shape index (κ3) is 3.45. The standard InChI is InChI=1S/C20H24N2O4S/c1-24-11-15(12-25-2)17-18(23)21-19(27-17)22-9-7-20(8-10-22)16-6-4-3-5-14(16)13-26-20/h3-6H,7-13H2,1-2H3. The van der Waals surface area contributed by atoms with Crippen LogP contribution in [0.1, 0.15) is 24.0 Å². The number of carbonyl (C=O) groups is 1. The Morgan fingerprint density at radius 1 is 1.22 bits per heavy atom. The van der Waals surface area contributed by atoms with Gasteiger partial charge in [-0.1, -0.05) is 24.3 Å². The third-order valence-electron chi connectivity index (χ3n) is 5.40. The van der Waals surface area contributed by atoms with Crippen LogP contribution >= 0.6 is 11.8 Å². The Morgan fingerprint density at radius 3 is 2.63 bits per heavy atom. The minimum atomic E-state index is -0.193. The van der Waals surface area contributed by atoms with Crippen molar-refractivity contribution in [1.82, 2.24) is 4.90 Å². The van der Waals surface area contributed by atoms with E-state index in [0.29, 0.717) is 24.7 Å². The number of aliphatic imine (C=N–C) groups is 1. The third-order valence-corrected chi connectivity index (χ3v) is 6.60. The second-order valence-electron chi connectivity index (χ2n) is 7.03. The molecule has 1 fully saturated rings.